The highest BCUT2D eigenvalue weighted by atomic mass is 79.9. The highest BCUT2D eigenvalue weighted by Crippen LogP contribution is 2.31. The van der Waals surface area contributed by atoms with Crippen LogP contribution in [0.2, 0.25) is 5.02 Å². The summed E-state index contributed by atoms with van der Waals surface area (Å²) in [5, 5.41) is 0.525. The number of thiocarbonyl (C=S) groups is 1. The first-order valence-electron chi connectivity index (χ1n) is 4.95. The molecule has 0 spiro atoms. The Morgan fingerprint density at radius 2 is 2.11 bits per heavy atom. The lowest BCUT2D eigenvalue weighted by Crippen LogP contribution is -2.10. The molecule has 0 saturated carbocycles. The zero-order valence-corrected chi connectivity index (χ0v) is 12.2. The number of hydrogen-bond acceptors (Lipinski definition) is 3. The molecule has 0 bridgehead atoms. The van der Waals surface area contributed by atoms with Gasteiger partial charge in [0.1, 0.15) is 16.5 Å². The quantitative estimate of drug-likeness (QED) is 0.858. The van der Waals surface area contributed by atoms with Gasteiger partial charge in [0.15, 0.2) is 0 Å². The van der Waals surface area contributed by atoms with E-state index in [1.165, 1.54) is 0 Å². The Labute approximate surface area is 123 Å². The molecule has 0 aliphatic rings. The fraction of sp³-hybridized carbons (Fsp3) is 0. The average molecular weight is 344 g/mol. The second-order valence-corrected chi connectivity index (χ2v) is 5.18. The molecular weight excluding hydrogens is 336 g/mol. The van der Waals surface area contributed by atoms with E-state index in [1.54, 1.807) is 30.5 Å². The smallest absolute Gasteiger partial charge is 0.147 e. The third-order valence-corrected chi connectivity index (χ3v) is 3.12. The Kier molecular flexibility index (Phi) is 4.16. The summed E-state index contributed by atoms with van der Waals surface area (Å²) in [5.74, 6) is 1.12. The van der Waals surface area contributed by atoms with Crippen LogP contribution in [0.1, 0.15) is 5.69 Å². The molecule has 2 aromatic rings. The minimum Gasteiger partial charge on any atom is -0.454 e. The summed E-state index contributed by atoms with van der Waals surface area (Å²) in [6, 6.07) is 8.80. The minimum atomic E-state index is 0.252. The summed E-state index contributed by atoms with van der Waals surface area (Å²) in [7, 11) is 0. The van der Waals surface area contributed by atoms with Crippen LogP contribution in [0.5, 0.6) is 11.5 Å². The van der Waals surface area contributed by atoms with Crippen molar-refractivity contribution in [3.8, 4) is 11.5 Å². The maximum atomic E-state index is 6.02. The second-order valence-electron chi connectivity index (χ2n) is 3.42. The molecule has 92 valence electrons. The Morgan fingerprint density at radius 1 is 1.33 bits per heavy atom. The maximum Gasteiger partial charge on any atom is 0.147 e. The van der Waals surface area contributed by atoms with Gasteiger partial charge in [-0.15, -0.1) is 0 Å². The van der Waals surface area contributed by atoms with E-state index >= 15 is 0 Å². The van der Waals surface area contributed by atoms with Gasteiger partial charge >= 0.3 is 0 Å². The molecule has 18 heavy (non-hydrogen) atoms. The predicted molar refractivity (Wildman–Crippen MR) is 79.4 cm³/mol. The SMILES string of the molecule is NC(=S)c1ccc(Oc2cc(Br)ccc2Cl)cn1. The summed E-state index contributed by atoms with van der Waals surface area (Å²) in [6.45, 7) is 0. The molecule has 0 amide bonds. The first kappa shape index (κ1) is 13.3. The highest BCUT2D eigenvalue weighted by molar-refractivity contribution is 9.10. The first-order valence-corrected chi connectivity index (χ1v) is 6.53. The molecule has 0 saturated heterocycles. The predicted octanol–water partition coefficient (Wildman–Crippen LogP) is 3.92. The molecule has 0 fully saturated rings. The molecule has 0 atom stereocenters. The maximum absolute atomic E-state index is 6.02. The van der Waals surface area contributed by atoms with Crippen LogP contribution in [-0.2, 0) is 0 Å². The van der Waals surface area contributed by atoms with Crippen LogP contribution in [0.4, 0.5) is 0 Å². The van der Waals surface area contributed by atoms with Crippen LogP contribution in [0, 0.1) is 0 Å². The number of hydrogen-bond donors (Lipinski definition) is 1. The topological polar surface area (TPSA) is 48.1 Å². The van der Waals surface area contributed by atoms with E-state index in [0.717, 1.165) is 4.47 Å². The van der Waals surface area contributed by atoms with Crippen molar-refractivity contribution >= 4 is 44.7 Å². The summed E-state index contributed by atoms with van der Waals surface area (Å²) < 4.78 is 6.50. The number of halogens is 2. The Balaban J connectivity index is 2.23. The van der Waals surface area contributed by atoms with E-state index in [1.807, 2.05) is 6.07 Å². The molecular formula is C12H8BrClN2OS. The van der Waals surface area contributed by atoms with E-state index in [0.29, 0.717) is 22.2 Å². The molecule has 0 aliphatic heterocycles. The van der Waals surface area contributed by atoms with Crippen LogP contribution < -0.4 is 10.5 Å². The van der Waals surface area contributed by atoms with Crippen molar-refractivity contribution in [2.24, 2.45) is 5.73 Å². The molecule has 2 N–H and O–H groups in total. The van der Waals surface area contributed by atoms with Gasteiger partial charge < -0.3 is 10.5 Å². The largest absolute Gasteiger partial charge is 0.454 e. The van der Waals surface area contributed by atoms with Crippen LogP contribution in [0.25, 0.3) is 0 Å². The lowest BCUT2D eigenvalue weighted by Gasteiger charge is -2.08. The van der Waals surface area contributed by atoms with Crippen molar-refractivity contribution in [3.63, 3.8) is 0 Å². The molecule has 0 radical (unpaired) electrons. The van der Waals surface area contributed by atoms with E-state index in [2.05, 4.69) is 20.9 Å². The van der Waals surface area contributed by atoms with Crippen molar-refractivity contribution in [3.05, 3.63) is 51.7 Å². The second kappa shape index (κ2) is 5.65. The lowest BCUT2D eigenvalue weighted by molar-refractivity contribution is 0.480. The van der Waals surface area contributed by atoms with Gasteiger partial charge in [0.05, 0.1) is 16.9 Å². The van der Waals surface area contributed by atoms with Crippen LogP contribution in [-0.4, -0.2) is 9.97 Å². The number of aromatic nitrogens is 1. The first-order chi connectivity index (χ1) is 8.56. The van der Waals surface area contributed by atoms with Gasteiger partial charge in [-0.3, -0.25) is 0 Å². The average Bonchev–Trinajstić information content (AvgIpc) is 2.34. The number of nitrogens with two attached hydrogens (primary N) is 1. The van der Waals surface area contributed by atoms with Crippen molar-refractivity contribution in [2.45, 2.75) is 0 Å². The van der Waals surface area contributed by atoms with Crippen LogP contribution >= 0.6 is 39.7 Å². The molecule has 1 aromatic carbocycles. The molecule has 1 aromatic heterocycles. The van der Waals surface area contributed by atoms with Gasteiger partial charge in [0.2, 0.25) is 0 Å². The molecule has 0 aliphatic carbocycles. The Hall–Kier alpha value is -1.17. The Morgan fingerprint density at radius 3 is 2.72 bits per heavy atom. The van der Waals surface area contributed by atoms with Gasteiger partial charge in [-0.1, -0.05) is 39.7 Å². The van der Waals surface area contributed by atoms with Crippen molar-refractivity contribution in [1.82, 2.24) is 4.98 Å². The fourth-order valence-corrected chi connectivity index (χ4v) is 1.89. The van der Waals surface area contributed by atoms with Gasteiger partial charge in [-0.2, -0.15) is 0 Å². The number of ether oxygens (including phenoxy) is 1. The summed E-state index contributed by atoms with van der Waals surface area (Å²) >= 11 is 14.2. The minimum absolute atomic E-state index is 0.252. The zero-order chi connectivity index (χ0) is 13.1. The zero-order valence-electron chi connectivity index (χ0n) is 9.06. The Bertz CT molecular complexity index is 589. The van der Waals surface area contributed by atoms with E-state index in [4.69, 9.17) is 34.3 Å². The highest BCUT2D eigenvalue weighted by Gasteiger charge is 2.05. The van der Waals surface area contributed by atoms with Crippen molar-refractivity contribution in [2.75, 3.05) is 0 Å². The monoisotopic (exact) mass is 342 g/mol. The van der Waals surface area contributed by atoms with Crippen LogP contribution in [0.15, 0.2) is 41.0 Å². The summed E-state index contributed by atoms with van der Waals surface area (Å²) in [6.07, 6.45) is 1.55. The molecule has 3 nitrogen and oxygen atoms in total. The number of nitrogens with zero attached hydrogens (tertiary/aromatic N) is 1. The van der Waals surface area contributed by atoms with Crippen molar-refractivity contribution < 1.29 is 4.74 Å². The normalized spacial score (nSPS) is 10.1. The molecule has 6 heteroatoms. The third-order valence-electron chi connectivity index (χ3n) is 2.11. The molecule has 0 unspecified atom stereocenters. The molecule has 2 rings (SSSR count). The van der Waals surface area contributed by atoms with E-state index in [-0.39, 0.29) is 4.99 Å². The standard InChI is InChI=1S/C12H8BrClN2OS/c13-7-1-3-9(14)11(5-7)17-8-2-4-10(12(15)18)16-6-8/h1-6H,(H2,15,18). The number of benzene rings is 1. The number of pyridine rings is 1. The van der Waals surface area contributed by atoms with Gasteiger partial charge in [0.25, 0.3) is 0 Å². The van der Waals surface area contributed by atoms with Gasteiger partial charge in [-0.25, -0.2) is 4.98 Å². The van der Waals surface area contributed by atoms with E-state index in [9.17, 15) is 0 Å². The van der Waals surface area contributed by atoms with Crippen molar-refractivity contribution in [1.29, 1.82) is 0 Å². The fourth-order valence-electron chi connectivity index (χ4n) is 1.27. The summed E-state index contributed by atoms with van der Waals surface area (Å²) in [4.78, 5) is 4.33. The van der Waals surface area contributed by atoms with E-state index < -0.39 is 0 Å². The van der Waals surface area contributed by atoms with Crippen LogP contribution in [0.3, 0.4) is 0 Å². The lowest BCUT2D eigenvalue weighted by atomic mass is 10.3. The van der Waals surface area contributed by atoms with Gasteiger partial charge in [0, 0.05) is 4.47 Å². The summed E-state index contributed by atoms with van der Waals surface area (Å²) in [5.41, 5.74) is 6.01. The molecule has 1 heterocycles. The number of rotatable bonds is 3. The third kappa shape index (κ3) is 3.19. The van der Waals surface area contributed by atoms with Gasteiger partial charge in [-0.05, 0) is 30.3 Å².